The number of ether oxygens (including phenoxy) is 2. The van der Waals surface area contributed by atoms with E-state index in [1.165, 1.54) is 5.56 Å². The Balaban J connectivity index is 1.75. The Bertz CT molecular complexity index is 639. The Morgan fingerprint density at radius 2 is 1.64 bits per heavy atom. The molecule has 2 aromatic rings. The molecule has 2 aromatic carbocycles. The maximum Gasteiger partial charge on any atom is 0.319 e. The van der Waals surface area contributed by atoms with Crippen molar-refractivity contribution >= 4 is 11.7 Å². The number of hydrogen-bond acceptors (Lipinski definition) is 3. The number of anilines is 1. The number of methoxy groups -OCH3 is 1. The van der Waals surface area contributed by atoms with Crippen LogP contribution in [0.15, 0.2) is 48.5 Å². The first-order valence-corrected chi connectivity index (χ1v) is 8.55. The molecule has 0 radical (unpaired) electrons. The number of aryl methyl sites for hydroxylation is 1. The fourth-order valence-corrected chi connectivity index (χ4v) is 2.35. The molecule has 2 amide bonds. The molecule has 0 saturated heterocycles. The first-order valence-electron chi connectivity index (χ1n) is 8.55. The minimum atomic E-state index is -0.219. The molecule has 0 atom stereocenters. The van der Waals surface area contributed by atoms with Crippen LogP contribution in [-0.4, -0.2) is 26.4 Å². The van der Waals surface area contributed by atoms with Crippen LogP contribution in [0.25, 0.3) is 0 Å². The Morgan fingerprint density at radius 1 is 0.960 bits per heavy atom. The van der Waals surface area contributed by atoms with E-state index in [0.717, 1.165) is 29.8 Å². The summed E-state index contributed by atoms with van der Waals surface area (Å²) in [6.07, 6.45) is 2.17. The van der Waals surface area contributed by atoms with Crippen molar-refractivity contribution < 1.29 is 14.3 Å². The number of urea groups is 1. The number of benzene rings is 2. The smallest absolute Gasteiger partial charge is 0.319 e. The lowest BCUT2D eigenvalue weighted by molar-refractivity contribution is 0.146. The second kappa shape index (κ2) is 10.4. The van der Waals surface area contributed by atoms with Crippen molar-refractivity contribution in [1.29, 1.82) is 0 Å². The van der Waals surface area contributed by atoms with E-state index in [9.17, 15) is 4.79 Å². The number of nitrogens with one attached hydrogen (secondary N) is 2. The van der Waals surface area contributed by atoms with Crippen molar-refractivity contribution in [3.8, 4) is 5.75 Å². The molecule has 0 fully saturated rings. The summed E-state index contributed by atoms with van der Waals surface area (Å²) in [5, 5.41) is 5.69. The van der Waals surface area contributed by atoms with Gasteiger partial charge in [0.15, 0.2) is 0 Å². The molecule has 5 heteroatoms. The largest absolute Gasteiger partial charge is 0.491 e. The van der Waals surface area contributed by atoms with Crippen molar-refractivity contribution in [2.75, 3.05) is 25.6 Å². The van der Waals surface area contributed by atoms with E-state index in [1.54, 1.807) is 7.11 Å². The summed E-state index contributed by atoms with van der Waals surface area (Å²) in [4.78, 5) is 12.0. The van der Waals surface area contributed by atoms with Crippen molar-refractivity contribution in [3.63, 3.8) is 0 Å². The highest BCUT2D eigenvalue weighted by molar-refractivity contribution is 5.89. The highest BCUT2D eigenvalue weighted by Crippen LogP contribution is 2.13. The molecule has 5 nitrogen and oxygen atoms in total. The van der Waals surface area contributed by atoms with Gasteiger partial charge in [-0.15, -0.1) is 0 Å². The zero-order valence-corrected chi connectivity index (χ0v) is 14.9. The van der Waals surface area contributed by atoms with Gasteiger partial charge >= 0.3 is 6.03 Å². The van der Waals surface area contributed by atoms with Crippen LogP contribution in [0.3, 0.4) is 0 Å². The minimum absolute atomic E-state index is 0.219. The molecule has 0 bridgehead atoms. The normalized spacial score (nSPS) is 10.3. The Hall–Kier alpha value is -2.53. The molecule has 0 aromatic heterocycles. The topological polar surface area (TPSA) is 59.6 Å². The highest BCUT2D eigenvalue weighted by atomic mass is 16.5. The molecule has 2 N–H and O–H groups in total. The molecule has 0 spiro atoms. The average molecular weight is 342 g/mol. The van der Waals surface area contributed by atoms with Crippen molar-refractivity contribution in [2.24, 2.45) is 0 Å². The van der Waals surface area contributed by atoms with Gasteiger partial charge in [0.05, 0.1) is 6.61 Å². The Labute approximate surface area is 149 Å². The van der Waals surface area contributed by atoms with E-state index in [-0.39, 0.29) is 6.03 Å². The summed E-state index contributed by atoms with van der Waals surface area (Å²) in [5.74, 6) is 0.789. The van der Waals surface area contributed by atoms with Crippen LogP contribution in [0.5, 0.6) is 5.75 Å². The second-order valence-electron chi connectivity index (χ2n) is 5.74. The zero-order valence-electron chi connectivity index (χ0n) is 14.9. The van der Waals surface area contributed by atoms with Gasteiger partial charge in [-0.05, 0) is 41.8 Å². The van der Waals surface area contributed by atoms with Crippen LogP contribution in [0.2, 0.25) is 0 Å². The van der Waals surface area contributed by atoms with E-state index in [1.807, 2.05) is 48.5 Å². The SMILES string of the molecule is CCCc1ccc(NC(=O)NCc2ccc(OCCOC)cc2)cc1. The first kappa shape index (κ1) is 18.8. The molecule has 0 unspecified atom stereocenters. The summed E-state index contributed by atoms with van der Waals surface area (Å²) < 4.78 is 10.4. The summed E-state index contributed by atoms with van der Waals surface area (Å²) in [5.41, 5.74) is 3.08. The van der Waals surface area contributed by atoms with E-state index in [0.29, 0.717) is 19.8 Å². The number of rotatable bonds is 9. The number of carbonyl (C=O) groups excluding carboxylic acids is 1. The van der Waals surface area contributed by atoms with Crippen molar-refractivity contribution in [1.82, 2.24) is 5.32 Å². The van der Waals surface area contributed by atoms with Crippen LogP contribution >= 0.6 is 0 Å². The monoisotopic (exact) mass is 342 g/mol. The van der Waals surface area contributed by atoms with Crippen LogP contribution in [-0.2, 0) is 17.7 Å². The lowest BCUT2D eigenvalue weighted by atomic mass is 10.1. The van der Waals surface area contributed by atoms with Gasteiger partial charge in [-0.25, -0.2) is 4.79 Å². The molecular formula is C20H26N2O3. The van der Waals surface area contributed by atoms with Crippen molar-refractivity contribution in [2.45, 2.75) is 26.3 Å². The Kier molecular flexibility index (Phi) is 7.79. The molecule has 2 rings (SSSR count). The standard InChI is InChI=1S/C20H26N2O3/c1-3-4-16-5-9-18(10-6-16)22-20(23)21-15-17-7-11-19(12-8-17)25-14-13-24-2/h5-12H,3-4,13-15H2,1-2H3,(H2,21,22,23). The number of carbonyl (C=O) groups is 1. The maximum absolute atomic E-state index is 12.0. The molecule has 0 aliphatic carbocycles. The molecule has 25 heavy (non-hydrogen) atoms. The van der Waals surface area contributed by atoms with Crippen molar-refractivity contribution in [3.05, 3.63) is 59.7 Å². The molecular weight excluding hydrogens is 316 g/mol. The maximum atomic E-state index is 12.0. The lowest BCUT2D eigenvalue weighted by Gasteiger charge is -2.09. The Morgan fingerprint density at radius 3 is 2.28 bits per heavy atom. The highest BCUT2D eigenvalue weighted by Gasteiger charge is 2.02. The summed E-state index contributed by atoms with van der Waals surface area (Å²) in [6, 6.07) is 15.4. The van der Waals surface area contributed by atoms with Crippen LogP contribution in [0, 0.1) is 0 Å². The summed E-state index contributed by atoms with van der Waals surface area (Å²) in [7, 11) is 1.64. The third-order valence-electron chi connectivity index (χ3n) is 3.68. The van der Waals surface area contributed by atoms with Gasteiger partial charge in [0, 0.05) is 19.3 Å². The van der Waals surface area contributed by atoms with Gasteiger partial charge in [0.2, 0.25) is 0 Å². The molecule has 134 valence electrons. The fraction of sp³-hybridized carbons (Fsp3) is 0.350. The van der Waals surface area contributed by atoms with E-state index < -0.39 is 0 Å². The van der Waals surface area contributed by atoms with Crippen LogP contribution in [0.4, 0.5) is 10.5 Å². The zero-order chi connectivity index (χ0) is 17.9. The van der Waals surface area contributed by atoms with Gasteiger partial charge in [0.1, 0.15) is 12.4 Å². The predicted molar refractivity (Wildman–Crippen MR) is 100 cm³/mol. The van der Waals surface area contributed by atoms with Gasteiger partial charge in [-0.1, -0.05) is 37.6 Å². The van der Waals surface area contributed by atoms with Gasteiger partial charge < -0.3 is 20.1 Å². The van der Waals surface area contributed by atoms with Gasteiger partial charge in [0.25, 0.3) is 0 Å². The van der Waals surface area contributed by atoms with Gasteiger partial charge in [-0.3, -0.25) is 0 Å². The van der Waals surface area contributed by atoms with E-state index in [4.69, 9.17) is 9.47 Å². The molecule has 0 saturated carbocycles. The number of hydrogen-bond donors (Lipinski definition) is 2. The van der Waals surface area contributed by atoms with Crippen LogP contribution < -0.4 is 15.4 Å². The molecule has 0 aliphatic heterocycles. The predicted octanol–water partition coefficient (Wildman–Crippen LogP) is 3.99. The first-order chi connectivity index (χ1) is 12.2. The third-order valence-corrected chi connectivity index (χ3v) is 3.68. The average Bonchev–Trinajstić information content (AvgIpc) is 2.63. The quantitative estimate of drug-likeness (QED) is 0.678. The van der Waals surface area contributed by atoms with Crippen LogP contribution in [0.1, 0.15) is 24.5 Å². The lowest BCUT2D eigenvalue weighted by Crippen LogP contribution is -2.28. The second-order valence-corrected chi connectivity index (χ2v) is 5.74. The molecule has 0 heterocycles. The molecule has 0 aliphatic rings. The number of amides is 2. The third kappa shape index (κ3) is 6.85. The summed E-state index contributed by atoms with van der Waals surface area (Å²) >= 11 is 0. The minimum Gasteiger partial charge on any atom is -0.491 e. The fourth-order valence-electron chi connectivity index (χ4n) is 2.35. The summed E-state index contributed by atoms with van der Waals surface area (Å²) in [6.45, 7) is 3.69. The van der Waals surface area contributed by atoms with E-state index in [2.05, 4.69) is 17.6 Å². The van der Waals surface area contributed by atoms with Gasteiger partial charge in [-0.2, -0.15) is 0 Å². The van der Waals surface area contributed by atoms with E-state index >= 15 is 0 Å².